The minimum Gasteiger partial charge on any atom is -0.466 e. The number of allylic oxidation sites excluding steroid dienone is 3. The van der Waals surface area contributed by atoms with Crippen LogP contribution in [0.2, 0.25) is 0 Å². The molecule has 2 rings (SSSR count). The summed E-state index contributed by atoms with van der Waals surface area (Å²) >= 11 is 0. The third-order valence-corrected chi connectivity index (χ3v) is 7.01. The number of rotatable bonds is 6. The van der Waals surface area contributed by atoms with Crippen LogP contribution in [0.15, 0.2) is 22.8 Å². The topological polar surface area (TPSA) is 52.6 Å². The summed E-state index contributed by atoms with van der Waals surface area (Å²) in [5.74, 6) is 0.0640. The molecule has 4 nitrogen and oxygen atoms in total. The molecule has 0 saturated heterocycles. The molecule has 0 aromatic carbocycles. The van der Waals surface area contributed by atoms with E-state index >= 15 is 0 Å². The lowest BCUT2D eigenvalue weighted by Crippen LogP contribution is -2.49. The normalized spacial score (nSPS) is 31.3. The van der Waals surface area contributed by atoms with Gasteiger partial charge in [-0.2, -0.15) is 0 Å². The van der Waals surface area contributed by atoms with Gasteiger partial charge in [-0.05, 0) is 63.7 Å². The molecule has 1 saturated carbocycles. The molecule has 4 heteroatoms. The number of ether oxygens (including phenoxy) is 2. The number of carbonyl (C=O) groups excluding carboxylic acids is 2. The van der Waals surface area contributed by atoms with E-state index in [4.69, 9.17) is 9.47 Å². The molecular weight excluding hydrogens is 340 g/mol. The Bertz CT molecular complexity index is 645. The second-order valence-corrected chi connectivity index (χ2v) is 9.07. The van der Waals surface area contributed by atoms with E-state index in [1.807, 2.05) is 6.92 Å². The minimum atomic E-state index is -0.280. The van der Waals surface area contributed by atoms with Gasteiger partial charge in [-0.3, -0.25) is 4.79 Å². The van der Waals surface area contributed by atoms with Crippen molar-refractivity contribution in [1.29, 1.82) is 0 Å². The van der Waals surface area contributed by atoms with Crippen LogP contribution >= 0.6 is 0 Å². The zero-order chi connectivity index (χ0) is 20.2. The van der Waals surface area contributed by atoms with Gasteiger partial charge in [0, 0.05) is 18.4 Å². The highest BCUT2D eigenvalue weighted by atomic mass is 16.5. The van der Waals surface area contributed by atoms with Gasteiger partial charge in [0.1, 0.15) is 0 Å². The van der Waals surface area contributed by atoms with Gasteiger partial charge in [-0.25, -0.2) is 4.79 Å². The Morgan fingerprint density at radius 2 is 1.93 bits per heavy atom. The molecule has 2 aliphatic carbocycles. The Hall–Kier alpha value is -1.58. The fourth-order valence-corrected chi connectivity index (χ4v) is 5.60. The van der Waals surface area contributed by atoms with Crippen molar-refractivity contribution in [1.82, 2.24) is 0 Å². The Labute approximate surface area is 164 Å². The zero-order valence-electron chi connectivity index (χ0n) is 17.9. The Morgan fingerprint density at radius 1 is 1.22 bits per heavy atom. The third-order valence-electron chi connectivity index (χ3n) is 7.01. The third kappa shape index (κ3) is 4.83. The predicted molar refractivity (Wildman–Crippen MR) is 107 cm³/mol. The lowest BCUT2D eigenvalue weighted by Gasteiger charge is -2.56. The molecule has 0 heterocycles. The lowest BCUT2D eigenvalue weighted by molar-refractivity contribution is -0.149. The number of carbonyl (C=O) groups is 2. The van der Waals surface area contributed by atoms with Crippen molar-refractivity contribution >= 4 is 11.9 Å². The van der Waals surface area contributed by atoms with Gasteiger partial charge >= 0.3 is 11.9 Å². The molecule has 0 aromatic heterocycles. The summed E-state index contributed by atoms with van der Waals surface area (Å²) in [6.45, 7) is 11.0. The monoisotopic (exact) mass is 376 g/mol. The zero-order valence-corrected chi connectivity index (χ0v) is 17.9. The predicted octanol–water partition coefficient (Wildman–Crippen LogP) is 5.37. The number of hydrogen-bond donors (Lipinski definition) is 0. The maximum absolute atomic E-state index is 11.5. The second kappa shape index (κ2) is 8.62. The van der Waals surface area contributed by atoms with Gasteiger partial charge < -0.3 is 9.47 Å². The molecule has 0 unspecified atom stereocenters. The summed E-state index contributed by atoms with van der Waals surface area (Å²) in [6, 6.07) is 0. The van der Waals surface area contributed by atoms with E-state index in [0.29, 0.717) is 12.5 Å². The molecule has 152 valence electrons. The summed E-state index contributed by atoms with van der Waals surface area (Å²) in [7, 11) is 1.41. The molecule has 0 aliphatic heterocycles. The van der Waals surface area contributed by atoms with Gasteiger partial charge in [-0.1, -0.05) is 37.0 Å². The van der Waals surface area contributed by atoms with E-state index in [2.05, 4.69) is 20.8 Å². The number of fused-ring (bicyclic) bond motifs is 1. The first kappa shape index (κ1) is 21.7. The SMILES string of the molecule is COC(=O)/C=C(\C)CCC1=C(C)CC[C@H]2[C@@](C)(COC(C)=O)CCC[C@]12C. The van der Waals surface area contributed by atoms with Crippen molar-refractivity contribution in [3.05, 3.63) is 22.8 Å². The van der Waals surface area contributed by atoms with E-state index in [1.54, 1.807) is 11.6 Å². The molecule has 0 aromatic rings. The highest BCUT2D eigenvalue weighted by molar-refractivity contribution is 5.82. The molecule has 3 atom stereocenters. The molecule has 1 fully saturated rings. The number of hydrogen-bond acceptors (Lipinski definition) is 4. The number of methoxy groups -OCH3 is 1. The average Bonchev–Trinajstić information content (AvgIpc) is 2.59. The van der Waals surface area contributed by atoms with E-state index in [-0.39, 0.29) is 22.8 Å². The first-order valence-corrected chi connectivity index (χ1v) is 10.2. The van der Waals surface area contributed by atoms with Crippen LogP contribution in [-0.2, 0) is 19.1 Å². The quantitative estimate of drug-likeness (QED) is 0.355. The van der Waals surface area contributed by atoms with Gasteiger partial charge in [0.25, 0.3) is 0 Å². The summed E-state index contributed by atoms with van der Waals surface area (Å²) in [4.78, 5) is 22.9. The van der Waals surface area contributed by atoms with Crippen LogP contribution in [0, 0.1) is 16.7 Å². The van der Waals surface area contributed by atoms with Crippen molar-refractivity contribution in [2.75, 3.05) is 13.7 Å². The summed E-state index contributed by atoms with van der Waals surface area (Å²) in [5.41, 5.74) is 4.33. The highest BCUT2D eigenvalue weighted by Gasteiger charge is 2.52. The lowest BCUT2D eigenvalue weighted by atomic mass is 9.49. The number of esters is 2. The van der Waals surface area contributed by atoms with Gasteiger partial charge in [0.05, 0.1) is 13.7 Å². The molecule has 0 spiro atoms. The second-order valence-electron chi connectivity index (χ2n) is 9.07. The van der Waals surface area contributed by atoms with Crippen molar-refractivity contribution in [2.45, 2.75) is 79.6 Å². The minimum absolute atomic E-state index is 0.0432. The van der Waals surface area contributed by atoms with Crippen molar-refractivity contribution in [3.8, 4) is 0 Å². The first-order chi connectivity index (χ1) is 12.6. The van der Waals surface area contributed by atoms with Crippen LogP contribution in [0.3, 0.4) is 0 Å². The van der Waals surface area contributed by atoms with Crippen molar-refractivity contribution < 1.29 is 19.1 Å². The van der Waals surface area contributed by atoms with Gasteiger partial charge in [0.2, 0.25) is 0 Å². The molecule has 0 bridgehead atoms. The molecular formula is C23H36O4. The van der Waals surface area contributed by atoms with Gasteiger partial charge in [0.15, 0.2) is 0 Å². The van der Waals surface area contributed by atoms with Crippen LogP contribution in [0.25, 0.3) is 0 Å². The van der Waals surface area contributed by atoms with E-state index in [0.717, 1.165) is 31.3 Å². The highest BCUT2D eigenvalue weighted by Crippen LogP contribution is 2.60. The molecule has 27 heavy (non-hydrogen) atoms. The smallest absolute Gasteiger partial charge is 0.330 e. The van der Waals surface area contributed by atoms with Crippen LogP contribution < -0.4 is 0 Å². The van der Waals surface area contributed by atoms with Crippen LogP contribution in [0.1, 0.15) is 79.6 Å². The van der Waals surface area contributed by atoms with Gasteiger partial charge in [-0.15, -0.1) is 0 Å². The standard InChI is InChI=1S/C23H36O4/c1-16(14-21(25)26-6)8-10-19-17(2)9-11-20-22(4,15-27-18(3)24)12-7-13-23(19,20)5/h14,20H,7-13,15H2,1-6H3/b16-14+/t20-,22+,23+/m0/s1. The average molecular weight is 377 g/mol. The van der Waals surface area contributed by atoms with E-state index in [1.165, 1.54) is 38.9 Å². The fourth-order valence-electron chi connectivity index (χ4n) is 5.60. The largest absolute Gasteiger partial charge is 0.466 e. The molecule has 2 aliphatic rings. The molecule has 0 N–H and O–H groups in total. The molecule has 0 radical (unpaired) electrons. The Balaban J connectivity index is 2.22. The summed E-state index contributed by atoms with van der Waals surface area (Å²) < 4.78 is 10.2. The van der Waals surface area contributed by atoms with Crippen LogP contribution in [0.5, 0.6) is 0 Å². The van der Waals surface area contributed by atoms with Crippen LogP contribution in [0.4, 0.5) is 0 Å². The first-order valence-electron chi connectivity index (χ1n) is 10.2. The van der Waals surface area contributed by atoms with Crippen molar-refractivity contribution in [3.63, 3.8) is 0 Å². The maximum Gasteiger partial charge on any atom is 0.330 e. The summed E-state index contributed by atoms with van der Waals surface area (Å²) in [6.07, 6.45) is 9.23. The maximum atomic E-state index is 11.5. The Kier molecular flexibility index (Phi) is 6.93. The van der Waals surface area contributed by atoms with E-state index < -0.39 is 0 Å². The fraction of sp³-hybridized carbons (Fsp3) is 0.739. The molecule has 0 amide bonds. The summed E-state index contributed by atoms with van der Waals surface area (Å²) in [5, 5.41) is 0. The Morgan fingerprint density at radius 3 is 2.56 bits per heavy atom. The van der Waals surface area contributed by atoms with E-state index in [9.17, 15) is 9.59 Å². The van der Waals surface area contributed by atoms with Crippen LogP contribution in [-0.4, -0.2) is 25.7 Å². The van der Waals surface area contributed by atoms with Crippen molar-refractivity contribution in [2.24, 2.45) is 16.7 Å².